The summed E-state index contributed by atoms with van der Waals surface area (Å²) >= 11 is 6.04. The fraction of sp³-hybridized carbons (Fsp3) is 0.556. The van der Waals surface area contributed by atoms with E-state index in [4.69, 9.17) is 11.6 Å². The summed E-state index contributed by atoms with van der Waals surface area (Å²) in [5.74, 6) is 1.25. The molecule has 3 rings (SSSR count). The SMILES string of the molecule is CC(=O)NCC1CCN(C(=O)[C@H]2C[C@H]2c2cccc(Cl)c2)CC1. The largest absolute Gasteiger partial charge is 0.356 e. The predicted molar refractivity (Wildman–Crippen MR) is 90.3 cm³/mol. The second-order valence-corrected chi connectivity index (χ2v) is 7.15. The lowest BCUT2D eigenvalue weighted by Crippen LogP contribution is -2.42. The van der Waals surface area contributed by atoms with E-state index in [0.29, 0.717) is 11.8 Å². The summed E-state index contributed by atoms with van der Waals surface area (Å²) in [4.78, 5) is 25.6. The van der Waals surface area contributed by atoms with Crippen LogP contribution in [0.1, 0.15) is 37.7 Å². The van der Waals surface area contributed by atoms with Crippen LogP contribution in [0.15, 0.2) is 24.3 Å². The molecule has 2 aliphatic rings. The van der Waals surface area contributed by atoms with Crippen LogP contribution in [0, 0.1) is 11.8 Å². The molecule has 2 fully saturated rings. The Morgan fingerprint density at radius 3 is 2.70 bits per heavy atom. The van der Waals surface area contributed by atoms with Crippen molar-refractivity contribution in [1.82, 2.24) is 10.2 Å². The second kappa shape index (κ2) is 6.91. The van der Waals surface area contributed by atoms with Crippen LogP contribution in [-0.4, -0.2) is 36.3 Å². The highest BCUT2D eigenvalue weighted by molar-refractivity contribution is 6.30. The van der Waals surface area contributed by atoms with Gasteiger partial charge in [-0.3, -0.25) is 9.59 Å². The smallest absolute Gasteiger partial charge is 0.226 e. The number of nitrogens with one attached hydrogen (secondary N) is 1. The van der Waals surface area contributed by atoms with Crippen LogP contribution < -0.4 is 5.32 Å². The molecule has 2 amide bonds. The van der Waals surface area contributed by atoms with E-state index >= 15 is 0 Å². The van der Waals surface area contributed by atoms with Gasteiger partial charge < -0.3 is 10.2 Å². The summed E-state index contributed by atoms with van der Waals surface area (Å²) in [6.45, 7) is 3.89. The molecule has 1 aliphatic carbocycles. The average molecular weight is 335 g/mol. The molecule has 1 saturated carbocycles. The Labute approximate surface area is 142 Å². The van der Waals surface area contributed by atoms with E-state index in [9.17, 15) is 9.59 Å². The van der Waals surface area contributed by atoms with Crippen molar-refractivity contribution in [3.05, 3.63) is 34.9 Å². The van der Waals surface area contributed by atoms with Gasteiger partial charge in [0.1, 0.15) is 0 Å². The second-order valence-electron chi connectivity index (χ2n) is 6.71. The predicted octanol–water partition coefficient (Wildman–Crippen LogP) is 2.82. The molecule has 0 spiro atoms. The highest BCUT2D eigenvalue weighted by Gasteiger charge is 2.46. The van der Waals surface area contributed by atoms with Gasteiger partial charge in [0, 0.05) is 37.5 Å². The van der Waals surface area contributed by atoms with E-state index in [0.717, 1.165) is 43.9 Å². The molecule has 5 heteroatoms. The van der Waals surface area contributed by atoms with Gasteiger partial charge in [0.2, 0.25) is 11.8 Å². The van der Waals surface area contributed by atoms with E-state index in [1.54, 1.807) is 6.92 Å². The zero-order valence-electron chi connectivity index (χ0n) is 13.4. The summed E-state index contributed by atoms with van der Waals surface area (Å²) in [6.07, 6.45) is 2.88. The van der Waals surface area contributed by atoms with Crippen LogP contribution in [0.25, 0.3) is 0 Å². The monoisotopic (exact) mass is 334 g/mol. The first-order chi connectivity index (χ1) is 11.0. The van der Waals surface area contributed by atoms with Crippen LogP contribution in [-0.2, 0) is 9.59 Å². The third kappa shape index (κ3) is 4.05. The molecule has 0 aromatic heterocycles. The van der Waals surface area contributed by atoms with Gasteiger partial charge in [-0.05, 0) is 48.8 Å². The molecule has 1 aromatic rings. The minimum absolute atomic E-state index is 0.0193. The number of hydrogen-bond donors (Lipinski definition) is 1. The minimum Gasteiger partial charge on any atom is -0.356 e. The van der Waals surface area contributed by atoms with Gasteiger partial charge in [-0.1, -0.05) is 23.7 Å². The fourth-order valence-electron chi connectivity index (χ4n) is 3.45. The van der Waals surface area contributed by atoms with E-state index in [-0.39, 0.29) is 17.7 Å². The Hall–Kier alpha value is -1.55. The molecule has 124 valence electrons. The summed E-state index contributed by atoms with van der Waals surface area (Å²) in [5.41, 5.74) is 1.18. The Morgan fingerprint density at radius 1 is 1.30 bits per heavy atom. The van der Waals surface area contributed by atoms with Gasteiger partial charge in [-0.25, -0.2) is 0 Å². The van der Waals surface area contributed by atoms with Crippen LogP contribution in [0.4, 0.5) is 0 Å². The molecular formula is C18H23ClN2O2. The van der Waals surface area contributed by atoms with Crippen molar-refractivity contribution in [2.45, 2.75) is 32.1 Å². The zero-order chi connectivity index (χ0) is 16.4. The average Bonchev–Trinajstić information content (AvgIpc) is 3.33. The summed E-state index contributed by atoms with van der Waals surface area (Å²) in [7, 11) is 0. The molecule has 0 bridgehead atoms. The standard InChI is InChI=1S/C18H23ClN2O2/c1-12(22)20-11-13-5-7-21(8-6-13)18(23)17-10-16(17)14-3-2-4-15(19)9-14/h2-4,9,13,16-17H,5-8,10-11H2,1H3,(H,20,22)/t16-,17-/m0/s1. The van der Waals surface area contributed by atoms with Crippen molar-refractivity contribution in [1.29, 1.82) is 0 Å². The highest BCUT2D eigenvalue weighted by atomic mass is 35.5. The zero-order valence-corrected chi connectivity index (χ0v) is 14.2. The van der Waals surface area contributed by atoms with E-state index < -0.39 is 0 Å². The molecule has 4 nitrogen and oxygen atoms in total. The number of piperidine rings is 1. The van der Waals surface area contributed by atoms with Gasteiger partial charge >= 0.3 is 0 Å². The highest BCUT2D eigenvalue weighted by Crippen LogP contribution is 2.49. The Bertz CT molecular complexity index is 596. The van der Waals surface area contributed by atoms with Crippen molar-refractivity contribution in [3.63, 3.8) is 0 Å². The number of hydrogen-bond acceptors (Lipinski definition) is 2. The van der Waals surface area contributed by atoms with E-state index in [1.165, 1.54) is 5.56 Å². The maximum Gasteiger partial charge on any atom is 0.226 e. The molecule has 1 N–H and O–H groups in total. The number of carbonyl (C=O) groups is 2. The lowest BCUT2D eigenvalue weighted by molar-refractivity contribution is -0.134. The first-order valence-electron chi connectivity index (χ1n) is 8.33. The molecule has 1 aromatic carbocycles. The summed E-state index contributed by atoms with van der Waals surface area (Å²) in [5, 5.41) is 3.61. The molecule has 1 saturated heterocycles. The molecule has 1 aliphatic heterocycles. The van der Waals surface area contributed by atoms with Gasteiger partial charge in [-0.15, -0.1) is 0 Å². The lowest BCUT2D eigenvalue weighted by atomic mass is 9.96. The van der Waals surface area contributed by atoms with Gasteiger partial charge in [0.25, 0.3) is 0 Å². The van der Waals surface area contributed by atoms with E-state index in [2.05, 4.69) is 11.4 Å². The number of carbonyl (C=O) groups excluding carboxylic acids is 2. The number of likely N-dealkylation sites (tertiary alicyclic amines) is 1. The third-order valence-corrected chi connectivity index (χ3v) is 5.19. The summed E-state index contributed by atoms with van der Waals surface area (Å²) in [6, 6.07) is 7.85. The Morgan fingerprint density at radius 2 is 2.04 bits per heavy atom. The fourth-order valence-corrected chi connectivity index (χ4v) is 3.65. The van der Waals surface area contributed by atoms with Crippen molar-refractivity contribution < 1.29 is 9.59 Å². The van der Waals surface area contributed by atoms with Crippen LogP contribution in [0.5, 0.6) is 0 Å². The van der Waals surface area contributed by atoms with Gasteiger partial charge in [0.05, 0.1) is 0 Å². The van der Waals surface area contributed by atoms with Crippen molar-refractivity contribution in [3.8, 4) is 0 Å². The minimum atomic E-state index is 0.0193. The quantitative estimate of drug-likeness (QED) is 0.920. The molecule has 1 heterocycles. The maximum atomic E-state index is 12.6. The molecule has 0 unspecified atom stereocenters. The number of halogens is 1. The van der Waals surface area contributed by atoms with Gasteiger partial charge in [0.15, 0.2) is 0 Å². The topological polar surface area (TPSA) is 49.4 Å². The number of amides is 2. The summed E-state index contributed by atoms with van der Waals surface area (Å²) < 4.78 is 0. The maximum absolute atomic E-state index is 12.6. The third-order valence-electron chi connectivity index (χ3n) is 4.95. The Balaban J connectivity index is 1.48. The first kappa shape index (κ1) is 16.3. The van der Waals surface area contributed by atoms with Crippen molar-refractivity contribution >= 4 is 23.4 Å². The molecule has 0 radical (unpaired) electrons. The van der Waals surface area contributed by atoms with Crippen LogP contribution in [0.3, 0.4) is 0 Å². The van der Waals surface area contributed by atoms with Crippen LogP contribution >= 0.6 is 11.6 Å². The lowest BCUT2D eigenvalue weighted by Gasteiger charge is -2.32. The van der Waals surface area contributed by atoms with Crippen molar-refractivity contribution in [2.75, 3.05) is 19.6 Å². The molecule has 2 atom stereocenters. The molecular weight excluding hydrogens is 312 g/mol. The first-order valence-corrected chi connectivity index (χ1v) is 8.71. The number of benzene rings is 1. The van der Waals surface area contributed by atoms with Crippen molar-refractivity contribution in [2.24, 2.45) is 11.8 Å². The molecule has 23 heavy (non-hydrogen) atoms. The number of nitrogens with zero attached hydrogens (tertiary/aromatic N) is 1. The normalized spacial score (nSPS) is 24.3. The number of rotatable bonds is 4. The van der Waals surface area contributed by atoms with Gasteiger partial charge in [-0.2, -0.15) is 0 Å². The van der Waals surface area contributed by atoms with Crippen LogP contribution in [0.2, 0.25) is 5.02 Å². The van der Waals surface area contributed by atoms with E-state index in [1.807, 2.05) is 23.1 Å². The Kier molecular flexibility index (Phi) is 4.90.